The number of aryl methyl sites for hydroxylation is 2. The molecule has 0 bridgehead atoms. The number of benzene rings is 4. The SMILES string of the molecule is [2H]c1c([2H])c([2H])c2c(c1[2H])c1c([2H])c([2H])c([2H])c([2H])c1n2-c1ccc2c(c1)C1C=C[N+](C)=C(c3cc(C)cc(C)c3C)C1S2. The summed E-state index contributed by atoms with van der Waals surface area (Å²) in [5.74, 6) is 0.0389. The van der Waals surface area contributed by atoms with Crippen LogP contribution in [0.3, 0.4) is 0 Å². The van der Waals surface area contributed by atoms with E-state index in [0.29, 0.717) is 5.69 Å². The van der Waals surface area contributed by atoms with Gasteiger partial charge in [0.15, 0.2) is 6.20 Å². The summed E-state index contributed by atoms with van der Waals surface area (Å²) in [5.41, 5.74) is 8.07. The fourth-order valence-electron chi connectivity index (χ4n) is 5.68. The summed E-state index contributed by atoms with van der Waals surface area (Å²) in [6.07, 6.45) is 4.29. The lowest BCUT2D eigenvalue weighted by Gasteiger charge is -2.22. The Labute approximate surface area is 227 Å². The first-order chi connectivity index (χ1) is 20.8. The van der Waals surface area contributed by atoms with Crippen molar-refractivity contribution in [1.29, 1.82) is 0 Å². The van der Waals surface area contributed by atoms with Gasteiger partial charge in [-0.05, 0) is 79.9 Å². The maximum atomic E-state index is 8.84. The second-order valence-electron chi connectivity index (χ2n) is 9.66. The lowest BCUT2D eigenvalue weighted by molar-refractivity contribution is -0.424. The van der Waals surface area contributed by atoms with Crippen molar-refractivity contribution in [3.63, 3.8) is 0 Å². The van der Waals surface area contributed by atoms with Gasteiger partial charge >= 0.3 is 0 Å². The van der Waals surface area contributed by atoms with Gasteiger partial charge in [0.05, 0.1) is 22.0 Å². The molecule has 0 radical (unpaired) electrons. The van der Waals surface area contributed by atoms with Crippen molar-refractivity contribution in [3.8, 4) is 5.69 Å². The van der Waals surface area contributed by atoms with Crippen LogP contribution in [-0.2, 0) is 0 Å². The van der Waals surface area contributed by atoms with E-state index in [0.717, 1.165) is 10.5 Å². The zero-order valence-electron chi connectivity index (χ0n) is 28.5. The van der Waals surface area contributed by atoms with Gasteiger partial charge in [0.2, 0.25) is 5.71 Å². The minimum atomic E-state index is -0.441. The molecule has 0 saturated heterocycles. The molecule has 3 heteroatoms. The molecule has 176 valence electrons. The number of hydrogen-bond acceptors (Lipinski definition) is 1. The largest absolute Gasteiger partial charge is 0.309 e. The molecule has 5 aromatic rings. The number of nitrogens with zero attached hydrogens (tertiary/aromatic N) is 2. The molecule has 7 rings (SSSR count). The van der Waals surface area contributed by atoms with Gasteiger partial charge in [-0.1, -0.05) is 47.9 Å². The third-order valence-electron chi connectivity index (χ3n) is 7.48. The van der Waals surface area contributed by atoms with Crippen LogP contribution in [0.4, 0.5) is 0 Å². The molecule has 0 amide bonds. The predicted octanol–water partition coefficient (Wildman–Crippen LogP) is 7.93. The van der Waals surface area contributed by atoms with Gasteiger partial charge in [-0.15, -0.1) is 11.8 Å². The van der Waals surface area contributed by atoms with Crippen molar-refractivity contribution in [2.24, 2.45) is 0 Å². The fraction of sp³-hybridized carbons (Fsp3) is 0.182. The Hall–Kier alpha value is -3.56. The fourth-order valence-corrected chi connectivity index (χ4v) is 7.22. The van der Waals surface area contributed by atoms with Crippen molar-refractivity contribution in [2.45, 2.75) is 36.8 Å². The average molecular weight is 494 g/mol. The second kappa shape index (κ2) is 7.97. The summed E-state index contributed by atoms with van der Waals surface area (Å²) in [7, 11) is 2.08. The van der Waals surface area contributed by atoms with E-state index in [1.807, 2.05) is 18.2 Å². The van der Waals surface area contributed by atoms with Crippen LogP contribution >= 0.6 is 11.8 Å². The molecule has 4 aromatic carbocycles. The third kappa shape index (κ3) is 3.09. The van der Waals surface area contributed by atoms with E-state index in [9.17, 15) is 0 Å². The van der Waals surface area contributed by atoms with Crippen LogP contribution in [0.15, 0.2) is 95.8 Å². The van der Waals surface area contributed by atoms with Gasteiger partial charge in [0, 0.05) is 32.8 Å². The molecule has 2 aliphatic rings. The first-order valence-corrected chi connectivity index (χ1v) is 12.9. The van der Waals surface area contributed by atoms with Gasteiger partial charge in [-0.3, -0.25) is 0 Å². The topological polar surface area (TPSA) is 7.94 Å². The van der Waals surface area contributed by atoms with Crippen molar-refractivity contribution in [3.05, 3.63) is 119 Å². The van der Waals surface area contributed by atoms with Gasteiger partial charge in [0.1, 0.15) is 12.3 Å². The van der Waals surface area contributed by atoms with Crippen molar-refractivity contribution in [1.82, 2.24) is 4.57 Å². The van der Waals surface area contributed by atoms with Crippen LogP contribution in [0.1, 0.15) is 44.7 Å². The molecule has 2 unspecified atom stereocenters. The standard InChI is InChI=1S/C33H29N2S/c1-20-17-21(2)22(3)27(18-20)32-33-26(15-16-34(32)4)28-19-23(13-14-31(28)36-33)35-29-11-7-5-9-24(29)25-10-6-8-12-30(25)35/h5-19,26,33H,1-4H3/q+1/i5D,6D,7D,8D,9D,10D,11D,12D. The van der Waals surface area contributed by atoms with Gasteiger partial charge in [-0.25, -0.2) is 4.58 Å². The highest BCUT2D eigenvalue weighted by atomic mass is 32.2. The minimum absolute atomic E-state index is 0.0389. The Morgan fingerprint density at radius 2 is 1.58 bits per heavy atom. The molecule has 36 heavy (non-hydrogen) atoms. The molecule has 2 atom stereocenters. The Balaban J connectivity index is 1.49. The van der Waals surface area contributed by atoms with E-state index in [4.69, 9.17) is 11.0 Å². The number of fused-ring (bicyclic) bond motifs is 6. The molecule has 0 saturated carbocycles. The van der Waals surface area contributed by atoms with Crippen molar-refractivity contribution >= 4 is 39.3 Å². The van der Waals surface area contributed by atoms with Crippen LogP contribution in [-0.4, -0.2) is 27.2 Å². The van der Waals surface area contributed by atoms with Crippen LogP contribution in [0.5, 0.6) is 0 Å². The van der Waals surface area contributed by atoms with Crippen LogP contribution in [0.2, 0.25) is 0 Å². The maximum absolute atomic E-state index is 8.84. The Morgan fingerprint density at radius 1 is 0.889 bits per heavy atom. The first kappa shape index (κ1) is 14.9. The third-order valence-corrected chi connectivity index (χ3v) is 8.87. The van der Waals surface area contributed by atoms with Gasteiger partial charge in [-0.2, -0.15) is 0 Å². The molecule has 0 N–H and O–H groups in total. The Kier molecular flexibility index (Phi) is 3.29. The summed E-state index contributed by atoms with van der Waals surface area (Å²) in [6.45, 7) is 6.42. The normalized spacial score (nSPS) is 21.9. The molecule has 2 aliphatic heterocycles. The smallest absolute Gasteiger partial charge is 0.203 e. The number of para-hydroxylation sites is 2. The lowest BCUT2D eigenvalue weighted by Crippen LogP contribution is -2.32. The average Bonchev–Trinajstić information content (AvgIpc) is 3.55. The molecular weight excluding hydrogens is 456 g/mol. The number of hydrogen-bond donors (Lipinski definition) is 0. The van der Waals surface area contributed by atoms with E-state index >= 15 is 0 Å². The lowest BCUT2D eigenvalue weighted by atomic mass is 9.86. The number of allylic oxidation sites excluding steroid dienone is 1. The van der Waals surface area contributed by atoms with Crippen molar-refractivity contribution < 1.29 is 15.5 Å². The van der Waals surface area contributed by atoms with E-state index < -0.39 is 24.2 Å². The zero-order valence-corrected chi connectivity index (χ0v) is 21.3. The van der Waals surface area contributed by atoms with Crippen LogP contribution in [0.25, 0.3) is 27.5 Å². The summed E-state index contributed by atoms with van der Waals surface area (Å²) >= 11 is 1.80. The molecule has 0 spiro atoms. The quantitative estimate of drug-likeness (QED) is 0.227. The maximum Gasteiger partial charge on any atom is 0.203 e. The monoisotopic (exact) mass is 493 g/mol. The van der Waals surface area contributed by atoms with Gasteiger partial charge in [0.25, 0.3) is 0 Å². The van der Waals surface area contributed by atoms with Crippen molar-refractivity contribution in [2.75, 3.05) is 7.05 Å². The molecular formula is C33H29N2S+. The second-order valence-corrected chi connectivity index (χ2v) is 10.8. The van der Waals surface area contributed by atoms with E-state index in [-0.39, 0.29) is 57.1 Å². The molecule has 3 heterocycles. The molecule has 1 aromatic heterocycles. The summed E-state index contributed by atoms with van der Waals surface area (Å²) in [6, 6.07) is 7.40. The van der Waals surface area contributed by atoms with E-state index in [2.05, 4.69) is 56.8 Å². The Bertz CT molecular complexity index is 2120. The minimum Gasteiger partial charge on any atom is -0.309 e. The highest BCUT2D eigenvalue weighted by molar-refractivity contribution is 8.01. The summed E-state index contributed by atoms with van der Waals surface area (Å²) < 4.78 is 72.3. The molecule has 0 aliphatic carbocycles. The van der Waals surface area contributed by atoms with Gasteiger partial charge < -0.3 is 4.57 Å². The molecule has 2 nitrogen and oxygen atoms in total. The van der Waals surface area contributed by atoms with Crippen LogP contribution in [0, 0.1) is 20.8 Å². The number of aromatic nitrogens is 1. The highest BCUT2D eigenvalue weighted by Gasteiger charge is 2.43. The summed E-state index contributed by atoms with van der Waals surface area (Å²) in [5, 5.41) is 0.291. The Morgan fingerprint density at radius 3 is 2.31 bits per heavy atom. The number of thioether (sulfide) groups is 1. The van der Waals surface area contributed by atoms with E-state index in [1.165, 1.54) is 28.0 Å². The summed E-state index contributed by atoms with van der Waals surface area (Å²) in [4.78, 5) is 1.10. The van der Waals surface area contributed by atoms with E-state index in [1.54, 1.807) is 16.3 Å². The van der Waals surface area contributed by atoms with Crippen LogP contribution < -0.4 is 0 Å². The first-order valence-electron chi connectivity index (χ1n) is 16.0. The highest BCUT2D eigenvalue weighted by Crippen LogP contribution is 2.50. The zero-order chi connectivity index (χ0) is 31.5. The molecule has 0 fully saturated rings. The predicted molar refractivity (Wildman–Crippen MR) is 153 cm³/mol. The number of rotatable bonds is 2.